The fourth-order valence-electron chi connectivity index (χ4n) is 4.28. The fourth-order valence-corrected chi connectivity index (χ4v) is 4.84. The minimum atomic E-state index is 0.0151. The Hall–Kier alpha value is -2.92. The number of rotatable bonds is 10. The molecule has 0 saturated heterocycles. The SMILES string of the molecule is C=C(/C(C)=C(\C)c1c(CN(/C=C(\C)CCC(O)=C2CC2)SC)cc(C)n(C)c1=O)c1ccc(C)cc1. The van der Waals surface area contributed by atoms with Gasteiger partial charge in [0.1, 0.15) is 0 Å². The number of benzene rings is 1. The molecule has 1 aromatic heterocycles. The van der Waals surface area contributed by atoms with Crippen LogP contribution in [0.3, 0.4) is 0 Å². The van der Waals surface area contributed by atoms with Crippen molar-refractivity contribution >= 4 is 23.1 Å². The van der Waals surface area contributed by atoms with Gasteiger partial charge >= 0.3 is 0 Å². The molecule has 0 radical (unpaired) electrons. The predicted molar refractivity (Wildman–Crippen MR) is 156 cm³/mol. The van der Waals surface area contributed by atoms with Gasteiger partial charge in [-0.05, 0) is 93.4 Å². The minimum absolute atomic E-state index is 0.0151. The Morgan fingerprint density at radius 2 is 1.78 bits per heavy atom. The summed E-state index contributed by atoms with van der Waals surface area (Å²) in [6, 6.07) is 10.5. The monoisotopic (exact) mass is 504 g/mol. The zero-order chi connectivity index (χ0) is 26.6. The van der Waals surface area contributed by atoms with E-state index in [0.29, 0.717) is 18.7 Å². The van der Waals surface area contributed by atoms with Crippen molar-refractivity contribution < 1.29 is 5.11 Å². The van der Waals surface area contributed by atoms with Crippen LogP contribution in [0.1, 0.15) is 74.4 Å². The first-order valence-electron chi connectivity index (χ1n) is 12.5. The van der Waals surface area contributed by atoms with Gasteiger partial charge in [0.25, 0.3) is 5.56 Å². The highest BCUT2D eigenvalue weighted by atomic mass is 32.2. The summed E-state index contributed by atoms with van der Waals surface area (Å²) >= 11 is 1.64. The lowest BCUT2D eigenvalue weighted by atomic mass is 9.91. The first-order valence-corrected chi connectivity index (χ1v) is 13.7. The van der Waals surface area contributed by atoms with Gasteiger partial charge in [-0.2, -0.15) is 0 Å². The molecule has 1 heterocycles. The Labute approximate surface area is 220 Å². The van der Waals surface area contributed by atoms with Gasteiger partial charge < -0.3 is 14.0 Å². The van der Waals surface area contributed by atoms with Crippen molar-refractivity contribution in [3.05, 3.63) is 104 Å². The molecule has 0 atom stereocenters. The molecule has 0 spiro atoms. The van der Waals surface area contributed by atoms with Crippen LogP contribution in [0, 0.1) is 13.8 Å². The second-order valence-corrected chi connectivity index (χ2v) is 10.8. The van der Waals surface area contributed by atoms with Crippen molar-refractivity contribution in [2.24, 2.45) is 7.05 Å². The van der Waals surface area contributed by atoms with Crippen molar-refractivity contribution in [1.29, 1.82) is 0 Å². The topological polar surface area (TPSA) is 45.5 Å². The van der Waals surface area contributed by atoms with Crippen LogP contribution in [0.2, 0.25) is 0 Å². The number of hydrogen-bond acceptors (Lipinski definition) is 4. The fraction of sp³-hybridized carbons (Fsp3) is 0.387. The third-order valence-electron chi connectivity index (χ3n) is 7.13. The molecule has 0 aliphatic heterocycles. The van der Waals surface area contributed by atoms with Crippen molar-refractivity contribution in [2.75, 3.05) is 6.26 Å². The van der Waals surface area contributed by atoms with E-state index < -0.39 is 0 Å². The van der Waals surface area contributed by atoms with Gasteiger partial charge in [0.15, 0.2) is 0 Å². The number of allylic oxidation sites excluding steroid dienone is 6. The minimum Gasteiger partial charge on any atom is -0.512 e. The maximum absolute atomic E-state index is 13.5. The number of pyridine rings is 1. The molecule has 0 unspecified atom stereocenters. The molecule has 36 heavy (non-hydrogen) atoms. The van der Waals surface area contributed by atoms with Gasteiger partial charge in [-0.3, -0.25) is 4.79 Å². The lowest BCUT2D eigenvalue weighted by Gasteiger charge is -2.22. The van der Waals surface area contributed by atoms with E-state index in [-0.39, 0.29) is 5.56 Å². The van der Waals surface area contributed by atoms with Crippen molar-refractivity contribution in [2.45, 2.75) is 66.8 Å². The molecule has 1 aliphatic carbocycles. The summed E-state index contributed by atoms with van der Waals surface area (Å²) < 4.78 is 3.90. The van der Waals surface area contributed by atoms with E-state index in [1.54, 1.807) is 16.5 Å². The molecule has 1 aromatic carbocycles. The van der Waals surface area contributed by atoms with Crippen LogP contribution in [-0.4, -0.2) is 20.2 Å². The second kappa shape index (κ2) is 11.9. The maximum atomic E-state index is 13.5. The van der Waals surface area contributed by atoms with E-state index in [2.05, 4.69) is 68.2 Å². The van der Waals surface area contributed by atoms with Crippen molar-refractivity contribution in [3.63, 3.8) is 0 Å². The molecule has 1 saturated carbocycles. The van der Waals surface area contributed by atoms with Crippen LogP contribution < -0.4 is 5.56 Å². The summed E-state index contributed by atoms with van der Waals surface area (Å²) in [7, 11) is 1.83. The molecule has 5 heteroatoms. The Morgan fingerprint density at radius 1 is 1.14 bits per heavy atom. The standard InChI is InChI=1S/C31H40N2O2S/c1-20-9-12-26(13-10-20)24(5)23(4)25(6)30-28(17-22(3)32(7)31(30)35)19-33(36-8)18-21(2)11-16-29(34)27-14-15-27/h9-10,12-13,17-18,34H,5,11,14-16,19H2,1-4,6-8H3/b21-18+,25-23+. The number of aryl methyl sites for hydroxylation is 2. The largest absolute Gasteiger partial charge is 0.512 e. The van der Waals surface area contributed by atoms with E-state index in [9.17, 15) is 9.90 Å². The summed E-state index contributed by atoms with van der Waals surface area (Å²) in [5.41, 5.74) is 10.3. The lowest BCUT2D eigenvalue weighted by Crippen LogP contribution is -2.26. The van der Waals surface area contributed by atoms with Gasteiger partial charge in [-0.25, -0.2) is 0 Å². The van der Waals surface area contributed by atoms with E-state index in [0.717, 1.165) is 58.4 Å². The average Bonchev–Trinajstić information content (AvgIpc) is 3.70. The zero-order valence-electron chi connectivity index (χ0n) is 22.9. The molecule has 0 amide bonds. The summed E-state index contributed by atoms with van der Waals surface area (Å²) in [6.45, 7) is 15.2. The van der Waals surface area contributed by atoms with Crippen LogP contribution in [-0.2, 0) is 13.6 Å². The number of aromatic nitrogens is 1. The molecule has 192 valence electrons. The number of aliphatic hydroxyl groups is 1. The highest BCUT2D eigenvalue weighted by molar-refractivity contribution is 7.96. The first kappa shape index (κ1) is 27.7. The summed E-state index contributed by atoms with van der Waals surface area (Å²) in [6.07, 6.45) is 7.79. The second-order valence-electron chi connectivity index (χ2n) is 9.93. The van der Waals surface area contributed by atoms with Crippen molar-refractivity contribution in [1.82, 2.24) is 8.87 Å². The highest BCUT2D eigenvalue weighted by Crippen LogP contribution is 2.33. The van der Waals surface area contributed by atoms with E-state index in [1.807, 2.05) is 27.2 Å². The molecule has 0 bridgehead atoms. The van der Waals surface area contributed by atoms with Crippen LogP contribution in [0.25, 0.3) is 11.1 Å². The average molecular weight is 505 g/mol. The van der Waals surface area contributed by atoms with Crippen LogP contribution >= 0.6 is 11.9 Å². The Bertz CT molecular complexity index is 1290. The smallest absolute Gasteiger partial charge is 0.258 e. The van der Waals surface area contributed by atoms with Gasteiger partial charge in [0, 0.05) is 37.2 Å². The quantitative estimate of drug-likeness (QED) is 0.203. The van der Waals surface area contributed by atoms with Gasteiger partial charge in [-0.1, -0.05) is 53.9 Å². The zero-order valence-corrected chi connectivity index (χ0v) is 23.7. The molecule has 1 aliphatic rings. The van der Waals surface area contributed by atoms with E-state index >= 15 is 0 Å². The summed E-state index contributed by atoms with van der Waals surface area (Å²) in [5, 5.41) is 10.1. The molecular formula is C31H40N2O2S. The summed E-state index contributed by atoms with van der Waals surface area (Å²) in [5.74, 6) is 0.563. The third kappa shape index (κ3) is 6.64. The lowest BCUT2D eigenvalue weighted by molar-refractivity contribution is 0.385. The van der Waals surface area contributed by atoms with Crippen molar-refractivity contribution in [3.8, 4) is 0 Å². The van der Waals surface area contributed by atoms with E-state index in [4.69, 9.17) is 0 Å². The van der Waals surface area contributed by atoms with Gasteiger partial charge in [0.05, 0.1) is 12.3 Å². The Morgan fingerprint density at radius 3 is 2.36 bits per heavy atom. The number of hydrogen-bond donors (Lipinski definition) is 1. The molecule has 4 nitrogen and oxygen atoms in total. The number of nitrogens with zero attached hydrogens (tertiary/aromatic N) is 2. The number of aliphatic hydroxyl groups excluding tert-OH is 1. The summed E-state index contributed by atoms with van der Waals surface area (Å²) in [4.78, 5) is 13.5. The van der Waals surface area contributed by atoms with Crippen LogP contribution in [0.4, 0.5) is 0 Å². The molecule has 3 rings (SSSR count). The third-order valence-corrected chi connectivity index (χ3v) is 7.83. The first-order chi connectivity index (χ1) is 17.0. The molecular weight excluding hydrogens is 464 g/mol. The predicted octanol–water partition coefficient (Wildman–Crippen LogP) is 7.88. The Balaban J connectivity index is 1.95. The molecule has 1 fully saturated rings. The molecule has 1 N–H and O–H groups in total. The van der Waals surface area contributed by atoms with Gasteiger partial charge in [-0.15, -0.1) is 0 Å². The maximum Gasteiger partial charge on any atom is 0.258 e. The van der Waals surface area contributed by atoms with Crippen LogP contribution in [0.15, 0.2) is 70.4 Å². The van der Waals surface area contributed by atoms with Gasteiger partial charge in [0.2, 0.25) is 0 Å². The Kier molecular flexibility index (Phi) is 9.13. The normalized spacial score (nSPS) is 14.0. The van der Waals surface area contributed by atoms with Crippen LogP contribution in [0.5, 0.6) is 0 Å². The highest BCUT2D eigenvalue weighted by Gasteiger charge is 2.19. The van der Waals surface area contributed by atoms with E-state index in [1.165, 1.54) is 16.7 Å². The molecule has 2 aromatic rings.